The zero-order valence-corrected chi connectivity index (χ0v) is 9.51. The van der Waals surface area contributed by atoms with Crippen LogP contribution in [0.25, 0.3) is 0 Å². The second kappa shape index (κ2) is 5.28. The molecule has 0 saturated carbocycles. The molecule has 1 fully saturated rings. The number of hydrogen-bond acceptors (Lipinski definition) is 5. The minimum Gasteiger partial charge on any atom is -0.489 e. The smallest absolute Gasteiger partial charge is 0.276 e. The number of aliphatic hydroxyl groups excluding tert-OH is 1. The summed E-state index contributed by atoms with van der Waals surface area (Å²) in [6, 6.07) is 3.10. The fourth-order valence-corrected chi connectivity index (χ4v) is 1.92. The van der Waals surface area contributed by atoms with E-state index in [1.165, 1.54) is 6.07 Å². The van der Waals surface area contributed by atoms with E-state index in [0.717, 1.165) is 12.1 Å². The SMILES string of the molecule is O=[N+]([O-])c1cc(F)cc(O[C@@H]2CN[C@H](CO)C2)c1. The first-order valence-electron chi connectivity index (χ1n) is 5.54. The third-order valence-corrected chi connectivity index (χ3v) is 2.77. The first-order valence-corrected chi connectivity index (χ1v) is 5.54. The number of nitro benzene ring substituents is 1. The zero-order valence-electron chi connectivity index (χ0n) is 9.51. The van der Waals surface area contributed by atoms with E-state index >= 15 is 0 Å². The van der Waals surface area contributed by atoms with Gasteiger partial charge in [-0.15, -0.1) is 0 Å². The van der Waals surface area contributed by atoms with E-state index in [4.69, 9.17) is 9.84 Å². The van der Waals surface area contributed by atoms with Crippen LogP contribution in [0.5, 0.6) is 5.75 Å². The maximum Gasteiger partial charge on any atom is 0.276 e. The van der Waals surface area contributed by atoms with Gasteiger partial charge < -0.3 is 15.2 Å². The number of hydrogen-bond donors (Lipinski definition) is 2. The van der Waals surface area contributed by atoms with Crippen molar-refractivity contribution in [1.82, 2.24) is 5.32 Å². The molecule has 0 amide bonds. The Bertz CT molecular complexity index is 455. The molecule has 0 aromatic heterocycles. The van der Waals surface area contributed by atoms with Crippen LogP contribution in [0, 0.1) is 15.9 Å². The lowest BCUT2D eigenvalue weighted by molar-refractivity contribution is -0.385. The lowest BCUT2D eigenvalue weighted by Gasteiger charge is -2.12. The fourth-order valence-electron chi connectivity index (χ4n) is 1.92. The number of aliphatic hydroxyl groups is 1. The molecule has 18 heavy (non-hydrogen) atoms. The van der Waals surface area contributed by atoms with E-state index in [2.05, 4.69) is 5.32 Å². The van der Waals surface area contributed by atoms with Crippen LogP contribution < -0.4 is 10.1 Å². The predicted molar refractivity (Wildman–Crippen MR) is 61.0 cm³/mol. The van der Waals surface area contributed by atoms with Crippen LogP contribution in [0.4, 0.5) is 10.1 Å². The molecule has 98 valence electrons. The number of nitro groups is 1. The number of nitrogens with one attached hydrogen (secondary N) is 1. The summed E-state index contributed by atoms with van der Waals surface area (Å²) in [5.74, 6) is -0.573. The molecular weight excluding hydrogens is 243 g/mol. The molecule has 1 aromatic carbocycles. The number of non-ortho nitro benzene ring substituents is 1. The van der Waals surface area contributed by atoms with Crippen molar-refractivity contribution < 1.29 is 19.2 Å². The largest absolute Gasteiger partial charge is 0.489 e. The van der Waals surface area contributed by atoms with Crippen LogP contribution in [-0.2, 0) is 0 Å². The van der Waals surface area contributed by atoms with E-state index in [1.807, 2.05) is 0 Å². The van der Waals surface area contributed by atoms with E-state index in [9.17, 15) is 14.5 Å². The van der Waals surface area contributed by atoms with Crippen molar-refractivity contribution in [3.05, 3.63) is 34.1 Å². The molecule has 1 saturated heterocycles. The van der Waals surface area contributed by atoms with Gasteiger partial charge in [-0.25, -0.2) is 4.39 Å². The highest BCUT2D eigenvalue weighted by atomic mass is 19.1. The summed E-state index contributed by atoms with van der Waals surface area (Å²) in [6.07, 6.45) is 0.365. The van der Waals surface area contributed by atoms with Crippen molar-refractivity contribution in [3.8, 4) is 5.75 Å². The van der Waals surface area contributed by atoms with Gasteiger partial charge in [-0.05, 0) is 0 Å². The highest BCUT2D eigenvalue weighted by Crippen LogP contribution is 2.24. The Morgan fingerprint density at radius 1 is 1.56 bits per heavy atom. The summed E-state index contributed by atoms with van der Waals surface area (Å²) in [4.78, 5) is 9.91. The van der Waals surface area contributed by atoms with Gasteiger partial charge in [-0.2, -0.15) is 0 Å². The van der Waals surface area contributed by atoms with Crippen molar-refractivity contribution in [2.24, 2.45) is 0 Å². The van der Waals surface area contributed by atoms with E-state index < -0.39 is 10.7 Å². The lowest BCUT2D eigenvalue weighted by atomic mass is 10.2. The molecule has 1 heterocycles. The summed E-state index contributed by atoms with van der Waals surface area (Å²) >= 11 is 0. The first-order chi connectivity index (χ1) is 8.58. The molecule has 2 N–H and O–H groups in total. The van der Waals surface area contributed by atoms with Gasteiger partial charge in [-0.3, -0.25) is 10.1 Å². The number of ether oxygens (including phenoxy) is 1. The highest BCUT2D eigenvalue weighted by Gasteiger charge is 2.25. The summed E-state index contributed by atoms with van der Waals surface area (Å²) < 4.78 is 18.6. The average molecular weight is 256 g/mol. The van der Waals surface area contributed by atoms with E-state index in [-0.39, 0.29) is 30.2 Å². The molecule has 6 nitrogen and oxygen atoms in total. The lowest BCUT2D eigenvalue weighted by Crippen LogP contribution is -2.25. The van der Waals surface area contributed by atoms with Gasteiger partial charge in [-0.1, -0.05) is 0 Å². The van der Waals surface area contributed by atoms with Crippen molar-refractivity contribution in [2.45, 2.75) is 18.6 Å². The van der Waals surface area contributed by atoms with Crippen LogP contribution in [-0.4, -0.2) is 35.3 Å². The molecule has 1 aromatic rings. The standard InChI is InChI=1S/C11H13FN2O4/c12-7-1-9(14(16)17)4-10(2-7)18-11-3-8(6-15)13-5-11/h1-2,4,8,11,13,15H,3,5-6H2/t8-,11-/m0/s1. The van der Waals surface area contributed by atoms with Gasteiger partial charge in [0.05, 0.1) is 23.7 Å². The van der Waals surface area contributed by atoms with Gasteiger partial charge in [0.1, 0.15) is 17.7 Å². The van der Waals surface area contributed by atoms with Crippen LogP contribution in [0.15, 0.2) is 18.2 Å². The zero-order chi connectivity index (χ0) is 13.1. The predicted octanol–water partition coefficient (Wildman–Crippen LogP) is 0.835. The summed E-state index contributed by atoms with van der Waals surface area (Å²) in [6.45, 7) is 0.526. The number of halogens is 1. The molecule has 0 bridgehead atoms. The molecule has 0 unspecified atom stereocenters. The Labute approximate surface area is 103 Å². The van der Waals surface area contributed by atoms with Gasteiger partial charge in [0.15, 0.2) is 0 Å². The molecule has 2 rings (SSSR count). The Morgan fingerprint density at radius 3 is 2.94 bits per heavy atom. The molecule has 0 spiro atoms. The molecule has 7 heteroatoms. The second-order valence-electron chi connectivity index (χ2n) is 4.17. The molecular formula is C11H13FN2O4. The molecule has 0 radical (unpaired) electrons. The quantitative estimate of drug-likeness (QED) is 0.616. The van der Waals surface area contributed by atoms with Crippen LogP contribution in [0.3, 0.4) is 0 Å². The van der Waals surface area contributed by atoms with E-state index in [1.54, 1.807) is 0 Å². The Morgan fingerprint density at radius 2 is 2.33 bits per heavy atom. The highest BCUT2D eigenvalue weighted by molar-refractivity contribution is 5.39. The maximum atomic E-state index is 13.2. The Kier molecular flexibility index (Phi) is 3.73. The summed E-state index contributed by atoms with van der Waals surface area (Å²) in [5.41, 5.74) is -0.338. The van der Waals surface area contributed by atoms with Crippen LogP contribution >= 0.6 is 0 Å². The topological polar surface area (TPSA) is 84.6 Å². The van der Waals surface area contributed by atoms with Gasteiger partial charge in [0.2, 0.25) is 0 Å². The number of rotatable bonds is 4. The minimum absolute atomic E-state index is 0.00313. The maximum absolute atomic E-state index is 13.2. The third kappa shape index (κ3) is 2.93. The Hall–Kier alpha value is -1.73. The van der Waals surface area contributed by atoms with E-state index in [0.29, 0.717) is 13.0 Å². The third-order valence-electron chi connectivity index (χ3n) is 2.77. The van der Waals surface area contributed by atoms with Crippen molar-refractivity contribution in [2.75, 3.05) is 13.2 Å². The number of benzene rings is 1. The molecule has 2 atom stereocenters. The average Bonchev–Trinajstić information content (AvgIpc) is 2.76. The van der Waals surface area contributed by atoms with Crippen molar-refractivity contribution in [1.29, 1.82) is 0 Å². The monoisotopic (exact) mass is 256 g/mol. The normalized spacial score (nSPS) is 23.0. The van der Waals surface area contributed by atoms with Gasteiger partial charge in [0, 0.05) is 25.1 Å². The minimum atomic E-state index is -0.705. The van der Waals surface area contributed by atoms with Crippen LogP contribution in [0.2, 0.25) is 0 Å². The van der Waals surface area contributed by atoms with Crippen molar-refractivity contribution in [3.63, 3.8) is 0 Å². The molecule has 1 aliphatic rings. The summed E-state index contributed by atoms with van der Waals surface area (Å²) in [7, 11) is 0. The number of nitrogens with zero attached hydrogens (tertiary/aromatic N) is 1. The van der Waals surface area contributed by atoms with Gasteiger partial charge >= 0.3 is 0 Å². The fraction of sp³-hybridized carbons (Fsp3) is 0.455. The van der Waals surface area contributed by atoms with Gasteiger partial charge in [0.25, 0.3) is 5.69 Å². The molecule has 0 aliphatic carbocycles. The Balaban J connectivity index is 2.07. The van der Waals surface area contributed by atoms with Crippen LogP contribution in [0.1, 0.15) is 6.42 Å². The first kappa shape index (κ1) is 12.7. The summed E-state index contributed by atoms with van der Waals surface area (Å²) in [5, 5.41) is 22.5. The van der Waals surface area contributed by atoms with Crippen molar-refractivity contribution >= 4 is 5.69 Å². The molecule has 1 aliphatic heterocycles. The second-order valence-corrected chi connectivity index (χ2v) is 4.17.